The average Bonchev–Trinajstić information content (AvgIpc) is 3.40. The van der Waals surface area contributed by atoms with Crippen molar-refractivity contribution >= 4 is 17.9 Å². The molecule has 0 rings (SSSR count). The van der Waals surface area contributed by atoms with E-state index < -0.39 is 6.10 Å². The Hall–Kier alpha value is -2.11. The van der Waals surface area contributed by atoms with Gasteiger partial charge in [-0.3, -0.25) is 14.4 Å². The monoisotopic (exact) mass is 1040 g/mol. The molecular weight excluding hydrogens is 913 g/mol. The molecule has 0 aromatic heterocycles. The van der Waals surface area contributed by atoms with Crippen molar-refractivity contribution in [3.8, 4) is 0 Å². The van der Waals surface area contributed by atoms with Crippen molar-refractivity contribution < 1.29 is 28.6 Å². The van der Waals surface area contributed by atoms with Crippen molar-refractivity contribution in [3.63, 3.8) is 0 Å². The van der Waals surface area contributed by atoms with Gasteiger partial charge in [-0.15, -0.1) is 0 Å². The molecule has 0 aliphatic rings. The smallest absolute Gasteiger partial charge is 0.306 e. The first kappa shape index (κ1) is 71.9. The van der Waals surface area contributed by atoms with E-state index in [0.717, 1.165) is 57.8 Å². The molecular formula is C68H128O6. The molecule has 0 N–H and O–H groups in total. The van der Waals surface area contributed by atoms with Crippen molar-refractivity contribution in [1.82, 2.24) is 0 Å². The van der Waals surface area contributed by atoms with Crippen LogP contribution in [0.3, 0.4) is 0 Å². The number of hydrogen-bond acceptors (Lipinski definition) is 6. The van der Waals surface area contributed by atoms with Gasteiger partial charge in [-0.2, -0.15) is 0 Å². The maximum Gasteiger partial charge on any atom is 0.306 e. The number of rotatable bonds is 62. The Kier molecular flexibility index (Phi) is 61.6. The van der Waals surface area contributed by atoms with Crippen LogP contribution in [0.25, 0.3) is 0 Å². The van der Waals surface area contributed by atoms with E-state index in [1.165, 1.54) is 276 Å². The van der Waals surface area contributed by atoms with Crippen LogP contribution in [0.1, 0.15) is 374 Å². The maximum absolute atomic E-state index is 12.9. The Morgan fingerprint density at radius 2 is 0.446 bits per heavy atom. The number of esters is 3. The zero-order chi connectivity index (χ0) is 53.6. The quantitative estimate of drug-likeness (QED) is 0.0261. The largest absolute Gasteiger partial charge is 0.462 e. The van der Waals surface area contributed by atoms with E-state index in [1.54, 1.807) is 0 Å². The zero-order valence-electron chi connectivity index (χ0n) is 50.1. The zero-order valence-corrected chi connectivity index (χ0v) is 50.1. The second-order valence-electron chi connectivity index (χ2n) is 22.7. The van der Waals surface area contributed by atoms with E-state index in [9.17, 15) is 14.4 Å². The van der Waals surface area contributed by atoms with E-state index in [2.05, 4.69) is 45.1 Å². The van der Waals surface area contributed by atoms with Crippen LogP contribution in [0, 0.1) is 0 Å². The Morgan fingerprint density at radius 1 is 0.257 bits per heavy atom. The molecule has 0 aromatic rings. The highest BCUT2D eigenvalue weighted by atomic mass is 16.6. The fourth-order valence-corrected chi connectivity index (χ4v) is 10.1. The van der Waals surface area contributed by atoms with Gasteiger partial charge >= 0.3 is 17.9 Å². The summed E-state index contributed by atoms with van der Waals surface area (Å²) in [5.74, 6) is -0.844. The van der Waals surface area contributed by atoms with Gasteiger partial charge < -0.3 is 14.2 Å². The topological polar surface area (TPSA) is 78.9 Å². The first-order valence-electron chi connectivity index (χ1n) is 33.3. The summed E-state index contributed by atoms with van der Waals surface area (Å²) in [5, 5.41) is 0. The fraction of sp³-hybridized carbons (Fsp3) is 0.897. The lowest BCUT2D eigenvalue weighted by atomic mass is 10.0. The molecule has 0 spiro atoms. The van der Waals surface area contributed by atoms with Gasteiger partial charge in [0.05, 0.1) is 0 Å². The highest BCUT2D eigenvalue weighted by Gasteiger charge is 2.19. The van der Waals surface area contributed by atoms with Crippen molar-refractivity contribution in [2.24, 2.45) is 0 Å². The molecule has 0 saturated carbocycles. The summed E-state index contributed by atoms with van der Waals surface area (Å²) in [7, 11) is 0. The van der Waals surface area contributed by atoms with Crippen LogP contribution in [-0.4, -0.2) is 37.2 Å². The van der Waals surface area contributed by atoms with Gasteiger partial charge in [-0.1, -0.05) is 308 Å². The number of carbonyl (C=O) groups excluding carboxylic acids is 3. The minimum Gasteiger partial charge on any atom is -0.462 e. The summed E-state index contributed by atoms with van der Waals surface area (Å²) in [6.45, 7) is 6.69. The number of ether oxygens (including phenoxy) is 3. The van der Waals surface area contributed by atoms with Crippen molar-refractivity contribution in [2.45, 2.75) is 380 Å². The summed E-state index contributed by atoms with van der Waals surface area (Å²) in [4.78, 5) is 38.2. The van der Waals surface area contributed by atoms with Crippen LogP contribution in [0.4, 0.5) is 0 Å². The molecule has 0 radical (unpaired) electrons. The van der Waals surface area contributed by atoms with E-state index in [-0.39, 0.29) is 31.1 Å². The molecule has 0 heterocycles. The van der Waals surface area contributed by atoms with E-state index >= 15 is 0 Å². The summed E-state index contributed by atoms with van der Waals surface area (Å²) >= 11 is 0. The third kappa shape index (κ3) is 60.8. The van der Waals surface area contributed by atoms with Gasteiger partial charge in [0.25, 0.3) is 0 Å². The normalized spacial score (nSPS) is 12.1. The molecule has 0 bridgehead atoms. The Balaban J connectivity index is 4.14. The molecule has 0 aliphatic carbocycles. The predicted octanol–water partition coefficient (Wildman–Crippen LogP) is 22.6. The minimum absolute atomic E-state index is 0.0666. The highest BCUT2D eigenvalue weighted by Crippen LogP contribution is 2.18. The van der Waals surface area contributed by atoms with Crippen LogP contribution in [-0.2, 0) is 28.6 Å². The minimum atomic E-state index is -0.768. The van der Waals surface area contributed by atoms with Gasteiger partial charge in [0.1, 0.15) is 13.2 Å². The van der Waals surface area contributed by atoms with Crippen molar-refractivity contribution in [3.05, 3.63) is 24.3 Å². The van der Waals surface area contributed by atoms with Gasteiger partial charge in [-0.05, 0) is 70.6 Å². The molecule has 6 heteroatoms. The second-order valence-corrected chi connectivity index (χ2v) is 22.7. The van der Waals surface area contributed by atoms with Gasteiger partial charge in [0.15, 0.2) is 6.10 Å². The predicted molar refractivity (Wildman–Crippen MR) is 321 cm³/mol. The molecule has 436 valence electrons. The number of carbonyl (C=O) groups is 3. The van der Waals surface area contributed by atoms with E-state index in [0.29, 0.717) is 19.3 Å². The summed E-state index contributed by atoms with van der Waals surface area (Å²) < 4.78 is 16.9. The number of unbranched alkanes of at least 4 members (excludes halogenated alkanes) is 47. The highest BCUT2D eigenvalue weighted by molar-refractivity contribution is 5.71. The molecule has 74 heavy (non-hydrogen) atoms. The standard InChI is InChI=1S/C68H128O6/c1-4-7-10-13-16-19-22-24-26-28-30-31-32-33-34-35-36-37-39-40-42-44-46-49-52-55-58-61-67(70)73-64-65(63-72-66(69)60-57-54-51-48-21-18-15-12-9-6-3)74-68(71)62-59-56-53-50-47-45-43-41-38-29-27-25-23-20-17-14-11-8-5-2/h25,27-28,30,65H,4-24,26,29,31-64H2,1-3H3/b27-25-,30-28-. The molecule has 0 aromatic carbocycles. The number of allylic oxidation sites excluding steroid dienone is 4. The lowest BCUT2D eigenvalue weighted by Gasteiger charge is -2.18. The molecule has 0 saturated heterocycles. The van der Waals surface area contributed by atoms with Crippen LogP contribution >= 0.6 is 0 Å². The molecule has 0 aliphatic heterocycles. The fourth-order valence-electron chi connectivity index (χ4n) is 10.1. The van der Waals surface area contributed by atoms with Gasteiger partial charge in [-0.25, -0.2) is 0 Å². The second kappa shape index (κ2) is 63.4. The first-order valence-corrected chi connectivity index (χ1v) is 33.3. The lowest BCUT2D eigenvalue weighted by molar-refractivity contribution is -0.167. The Labute approximate surface area is 462 Å². The van der Waals surface area contributed by atoms with Crippen molar-refractivity contribution in [1.29, 1.82) is 0 Å². The molecule has 0 amide bonds. The third-order valence-corrected chi connectivity index (χ3v) is 15.2. The third-order valence-electron chi connectivity index (χ3n) is 15.2. The lowest BCUT2D eigenvalue weighted by Crippen LogP contribution is -2.30. The maximum atomic E-state index is 12.9. The van der Waals surface area contributed by atoms with Gasteiger partial charge in [0, 0.05) is 19.3 Å². The summed E-state index contributed by atoms with van der Waals surface area (Å²) in [6, 6.07) is 0. The summed E-state index contributed by atoms with van der Waals surface area (Å²) in [6.07, 6.45) is 76.3. The van der Waals surface area contributed by atoms with Gasteiger partial charge in [0.2, 0.25) is 0 Å². The molecule has 1 unspecified atom stereocenters. The SMILES string of the molecule is CCCCCCCC/C=C\CCCCCCCCCCCC(=O)OC(COC(=O)CCCCCCCCCCCC)COC(=O)CCCCCCCCCCCCCCCCC/C=C\CCCCCCCCCC. The Bertz CT molecular complexity index is 1190. The molecule has 0 fully saturated rings. The van der Waals surface area contributed by atoms with Crippen LogP contribution in [0.2, 0.25) is 0 Å². The van der Waals surface area contributed by atoms with E-state index in [4.69, 9.17) is 14.2 Å². The van der Waals surface area contributed by atoms with Crippen LogP contribution < -0.4 is 0 Å². The van der Waals surface area contributed by atoms with Crippen LogP contribution in [0.5, 0.6) is 0 Å². The Morgan fingerprint density at radius 3 is 0.676 bits per heavy atom. The average molecular weight is 1040 g/mol. The van der Waals surface area contributed by atoms with E-state index in [1.807, 2.05) is 0 Å². The number of hydrogen-bond donors (Lipinski definition) is 0. The molecule has 6 nitrogen and oxygen atoms in total. The first-order chi connectivity index (χ1) is 36.5. The summed E-state index contributed by atoms with van der Waals surface area (Å²) in [5.41, 5.74) is 0. The van der Waals surface area contributed by atoms with Crippen LogP contribution in [0.15, 0.2) is 24.3 Å². The molecule has 1 atom stereocenters. The van der Waals surface area contributed by atoms with Crippen molar-refractivity contribution in [2.75, 3.05) is 13.2 Å².